The normalized spacial score (nSPS) is 21.3. The molecular weight excluding hydrogens is 412 g/mol. The maximum Gasteiger partial charge on any atom is 0.332 e. The fraction of sp³-hybridized carbons (Fsp3) is 0.526. The molecule has 0 aromatic heterocycles. The van der Waals surface area contributed by atoms with E-state index in [0.29, 0.717) is 5.75 Å². The van der Waals surface area contributed by atoms with E-state index in [4.69, 9.17) is 14.9 Å². The van der Waals surface area contributed by atoms with Gasteiger partial charge in [-0.25, -0.2) is 8.42 Å². The summed E-state index contributed by atoms with van der Waals surface area (Å²) in [5, 5.41) is 16.7. The predicted octanol–water partition coefficient (Wildman–Crippen LogP) is 0.161. The Balaban J connectivity index is 2.03. The SMILES string of the molecule is CCOC(=O)C1C(=N)C(=NCC(C)(O)COc2cccc(CN(C)C)c2)NS1(=O)=O. The monoisotopic (exact) mass is 440 g/mol. The van der Waals surface area contributed by atoms with E-state index in [1.165, 1.54) is 6.92 Å². The summed E-state index contributed by atoms with van der Waals surface area (Å²) in [5.74, 6) is -0.742. The lowest BCUT2D eigenvalue weighted by Crippen LogP contribution is -2.37. The zero-order chi connectivity index (χ0) is 22.5. The number of nitrogens with one attached hydrogen (secondary N) is 2. The molecule has 0 radical (unpaired) electrons. The summed E-state index contributed by atoms with van der Waals surface area (Å²) in [4.78, 5) is 17.9. The van der Waals surface area contributed by atoms with Gasteiger partial charge in [0, 0.05) is 6.54 Å². The number of esters is 1. The highest BCUT2D eigenvalue weighted by atomic mass is 32.2. The van der Waals surface area contributed by atoms with E-state index in [-0.39, 0.29) is 25.6 Å². The summed E-state index contributed by atoms with van der Waals surface area (Å²) in [6, 6.07) is 7.46. The van der Waals surface area contributed by atoms with E-state index < -0.39 is 32.6 Å². The van der Waals surface area contributed by atoms with Crippen LogP contribution in [0.2, 0.25) is 0 Å². The van der Waals surface area contributed by atoms with Crippen molar-refractivity contribution in [1.29, 1.82) is 5.41 Å². The molecule has 1 aliphatic rings. The largest absolute Gasteiger partial charge is 0.491 e. The number of carbonyl (C=O) groups excluding carboxylic acids is 1. The Labute approximate surface area is 176 Å². The minimum atomic E-state index is -4.14. The van der Waals surface area contributed by atoms with E-state index in [9.17, 15) is 18.3 Å². The number of benzene rings is 1. The van der Waals surface area contributed by atoms with Crippen LogP contribution in [0.25, 0.3) is 0 Å². The molecule has 1 heterocycles. The van der Waals surface area contributed by atoms with Crippen molar-refractivity contribution in [3.8, 4) is 5.75 Å². The Morgan fingerprint density at radius 2 is 2.10 bits per heavy atom. The van der Waals surface area contributed by atoms with E-state index in [0.717, 1.165) is 12.1 Å². The fourth-order valence-electron chi connectivity index (χ4n) is 2.74. The molecule has 2 unspecified atom stereocenters. The van der Waals surface area contributed by atoms with Crippen LogP contribution in [0.15, 0.2) is 29.3 Å². The molecule has 11 heteroatoms. The highest BCUT2D eigenvalue weighted by Gasteiger charge is 2.47. The maximum absolute atomic E-state index is 12.1. The van der Waals surface area contributed by atoms with Crippen LogP contribution in [0.1, 0.15) is 19.4 Å². The van der Waals surface area contributed by atoms with Gasteiger partial charge in [0.15, 0.2) is 5.84 Å². The molecule has 2 atom stereocenters. The first kappa shape index (κ1) is 23.8. The van der Waals surface area contributed by atoms with Crippen LogP contribution in [0.4, 0.5) is 0 Å². The van der Waals surface area contributed by atoms with Crippen LogP contribution >= 0.6 is 0 Å². The molecular formula is C19H28N4O6S. The van der Waals surface area contributed by atoms with Crippen molar-refractivity contribution in [3.05, 3.63) is 29.8 Å². The standard InChI is InChI=1S/C19H28N4O6S/c1-5-28-18(24)16-15(20)17(22-30(16,26)27)21-11-19(2,25)12-29-14-8-6-7-13(9-14)10-23(3)4/h6-9,16,20,25H,5,10-12H2,1-4H3,(H,21,22). The van der Waals surface area contributed by atoms with Gasteiger partial charge in [-0.15, -0.1) is 0 Å². The predicted molar refractivity (Wildman–Crippen MR) is 112 cm³/mol. The number of hydrogen-bond acceptors (Lipinski definition) is 9. The number of nitrogens with zero attached hydrogens (tertiary/aromatic N) is 2. The zero-order valence-corrected chi connectivity index (χ0v) is 18.3. The third kappa shape index (κ3) is 6.25. The Hall–Kier alpha value is -2.50. The number of aliphatic imine (C=N–C) groups is 1. The van der Waals surface area contributed by atoms with Gasteiger partial charge in [-0.1, -0.05) is 12.1 Å². The molecule has 3 N–H and O–H groups in total. The first-order valence-electron chi connectivity index (χ1n) is 9.35. The van der Waals surface area contributed by atoms with Crippen LogP contribution in [-0.4, -0.2) is 80.6 Å². The van der Waals surface area contributed by atoms with Crippen molar-refractivity contribution in [2.24, 2.45) is 4.99 Å². The second-order valence-electron chi connectivity index (χ2n) is 7.53. The fourth-order valence-corrected chi connectivity index (χ4v) is 4.05. The minimum Gasteiger partial charge on any atom is -0.491 e. The summed E-state index contributed by atoms with van der Waals surface area (Å²) in [6.07, 6.45) is 0. The topological polar surface area (TPSA) is 141 Å². The molecule has 1 aliphatic heterocycles. The minimum absolute atomic E-state index is 0.00754. The van der Waals surface area contributed by atoms with Gasteiger partial charge < -0.3 is 19.5 Å². The van der Waals surface area contributed by atoms with Crippen molar-refractivity contribution in [2.75, 3.05) is 33.9 Å². The van der Waals surface area contributed by atoms with Crippen molar-refractivity contribution in [2.45, 2.75) is 31.2 Å². The summed E-state index contributed by atoms with van der Waals surface area (Å²) in [7, 11) is -0.227. The molecule has 1 aromatic rings. The molecule has 2 rings (SSSR count). The highest BCUT2D eigenvalue weighted by molar-refractivity contribution is 7.93. The van der Waals surface area contributed by atoms with Crippen LogP contribution in [0.3, 0.4) is 0 Å². The molecule has 0 aliphatic carbocycles. The van der Waals surface area contributed by atoms with Gasteiger partial charge >= 0.3 is 5.97 Å². The van der Waals surface area contributed by atoms with Crippen molar-refractivity contribution in [1.82, 2.24) is 9.62 Å². The van der Waals surface area contributed by atoms with Crippen LogP contribution in [0, 0.1) is 5.41 Å². The van der Waals surface area contributed by atoms with Crippen LogP contribution in [0.5, 0.6) is 5.75 Å². The van der Waals surface area contributed by atoms with Crippen molar-refractivity contribution >= 4 is 27.5 Å². The lowest BCUT2D eigenvalue weighted by Gasteiger charge is -2.22. The summed E-state index contributed by atoms with van der Waals surface area (Å²) >= 11 is 0. The van der Waals surface area contributed by atoms with Gasteiger partial charge in [0.25, 0.3) is 10.0 Å². The van der Waals surface area contributed by atoms with Crippen LogP contribution in [-0.2, 0) is 26.1 Å². The average molecular weight is 441 g/mol. The molecule has 10 nitrogen and oxygen atoms in total. The van der Waals surface area contributed by atoms with Gasteiger partial charge in [0.05, 0.1) is 13.2 Å². The quantitative estimate of drug-likeness (QED) is 0.465. The molecule has 1 fully saturated rings. The first-order chi connectivity index (χ1) is 13.9. The van der Waals surface area contributed by atoms with Gasteiger partial charge in [0.2, 0.25) is 5.25 Å². The van der Waals surface area contributed by atoms with Gasteiger partial charge in [-0.2, -0.15) is 0 Å². The molecule has 30 heavy (non-hydrogen) atoms. The number of carbonyl (C=O) groups is 1. The summed E-state index contributed by atoms with van der Waals surface area (Å²) < 4.78 is 36.7. The summed E-state index contributed by atoms with van der Waals surface area (Å²) in [5.41, 5.74) is -0.893. The van der Waals surface area contributed by atoms with Crippen molar-refractivity contribution in [3.63, 3.8) is 0 Å². The number of aliphatic hydroxyl groups is 1. The zero-order valence-electron chi connectivity index (χ0n) is 17.5. The van der Waals surface area contributed by atoms with E-state index in [1.54, 1.807) is 13.0 Å². The van der Waals surface area contributed by atoms with Crippen molar-refractivity contribution < 1.29 is 27.8 Å². The molecule has 166 valence electrons. The van der Waals surface area contributed by atoms with E-state index in [1.807, 2.05) is 37.2 Å². The number of amidine groups is 1. The number of ether oxygens (including phenoxy) is 2. The Kier molecular flexibility index (Phi) is 7.56. The molecule has 0 amide bonds. The van der Waals surface area contributed by atoms with Gasteiger partial charge in [-0.05, 0) is 45.6 Å². The smallest absolute Gasteiger partial charge is 0.332 e. The Morgan fingerprint density at radius 3 is 2.73 bits per heavy atom. The van der Waals surface area contributed by atoms with Gasteiger partial charge in [0.1, 0.15) is 23.7 Å². The molecule has 1 saturated heterocycles. The third-order valence-corrected chi connectivity index (χ3v) is 5.62. The van der Waals surface area contributed by atoms with Crippen LogP contribution < -0.4 is 9.46 Å². The first-order valence-corrected chi connectivity index (χ1v) is 10.9. The maximum atomic E-state index is 12.1. The molecule has 1 aromatic carbocycles. The Bertz CT molecular complexity index is 927. The molecule has 0 saturated carbocycles. The number of hydrogen-bond donors (Lipinski definition) is 3. The summed E-state index contributed by atoms with van der Waals surface area (Å²) in [6.45, 7) is 3.42. The molecule has 0 bridgehead atoms. The second-order valence-corrected chi connectivity index (χ2v) is 9.29. The number of sulfonamides is 1. The van der Waals surface area contributed by atoms with E-state index in [2.05, 4.69) is 9.71 Å². The number of rotatable bonds is 9. The Morgan fingerprint density at radius 1 is 1.40 bits per heavy atom. The van der Waals surface area contributed by atoms with Gasteiger partial charge in [-0.3, -0.25) is 19.9 Å². The second kappa shape index (κ2) is 9.54. The third-order valence-electron chi connectivity index (χ3n) is 4.09. The lowest BCUT2D eigenvalue weighted by molar-refractivity contribution is -0.141. The van der Waals surface area contributed by atoms with E-state index >= 15 is 0 Å². The molecule has 0 spiro atoms. The lowest BCUT2D eigenvalue weighted by atomic mass is 10.1. The average Bonchev–Trinajstić information content (AvgIpc) is 2.87. The highest BCUT2D eigenvalue weighted by Crippen LogP contribution is 2.18.